The van der Waals surface area contributed by atoms with Crippen molar-refractivity contribution >= 4 is 21.4 Å². The van der Waals surface area contributed by atoms with Crippen LogP contribution in [0.3, 0.4) is 0 Å². The van der Waals surface area contributed by atoms with E-state index in [1.165, 1.54) is 13.2 Å². The normalized spacial score (nSPS) is 21.6. The minimum Gasteiger partial charge on any atom is -0.504 e. The maximum absolute atomic E-state index is 11.6. The van der Waals surface area contributed by atoms with Crippen molar-refractivity contribution in [2.45, 2.75) is 25.4 Å². The molecule has 1 atom stereocenters. The van der Waals surface area contributed by atoms with Crippen LogP contribution in [0.1, 0.15) is 18.4 Å². The molecule has 0 aromatic heterocycles. The van der Waals surface area contributed by atoms with Crippen molar-refractivity contribution in [2.75, 3.05) is 18.6 Å². The fraction of sp³-hybridized carbons (Fsp3) is 0.538. The molecule has 0 spiro atoms. The number of aromatic hydroxyl groups is 1. The highest BCUT2D eigenvalue weighted by atomic mass is 35.5. The van der Waals surface area contributed by atoms with Crippen LogP contribution in [0.5, 0.6) is 11.5 Å². The van der Waals surface area contributed by atoms with Crippen LogP contribution in [0.4, 0.5) is 0 Å². The lowest BCUT2D eigenvalue weighted by atomic mass is 10.1. The molecular weight excluding hydrogens is 302 g/mol. The summed E-state index contributed by atoms with van der Waals surface area (Å²) in [6, 6.07) is 3.09. The Morgan fingerprint density at radius 1 is 1.50 bits per heavy atom. The number of phenols is 1. The number of methoxy groups -OCH3 is 1. The molecule has 0 amide bonds. The summed E-state index contributed by atoms with van der Waals surface area (Å²) in [5, 5.41) is 13.6. The Morgan fingerprint density at radius 3 is 2.90 bits per heavy atom. The molecule has 1 fully saturated rings. The fourth-order valence-corrected chi connectivity index (χ4v) is 4.26. The molecule has 2 N–H and O–H groups in total. The van der Waals surface area contributed by atoms with Crippen LogP contribution in [-0.2, 0) is 16.4 Å². The molecule has 20 heavy (non-hydrogen) atoms. The van der Waals surface area contributed by atoms with Crippen LogP contribution < -0.4 is 10.1 Å². The van der Waals surface area contributed by atoms with Gasteiger partial charge in [0.1, 0.15) is 0 Å². The number of hydrogen-bond acceptors (Lipinski definition) is 5. The Hall–Kier alpha value is -0.980. The molecule has 1 saturated heterocycles. The molecule has 7 heteroatoms. The van der Waals surface area contributed by atoms with Gasteiger partial charge in [-0.15, -0.1) is 0 Å². The Morgan fingerprint density at radius 2 is 2.25 bits per heavy atom. The lowest BCUT2D eigenvalue weighted by Crippen LogP contribution is -2.39. The second kappa shape index (κ2) is 6.20. The average Bonchev–Trinajstić information content (AvgIpc) is 2.38. The summed E-state index contributed by atoms with van der Waals surface area (Å²) in [4.78, 5) is 0. The van der Waals surface area contributed by atoms with E-state index < -0.39 is 9.84 Å². The van der Waals surface area contributed by atoms with Gasteiger partial charge in [0.05, 0.1) is 18.6 Å². The third-order valence-electron chi connectivity index (χ3n) is 3.38. The Balaban J connectivity index is 2.06. The zero-order valence-electron chi connectivity index (χ0n) is 11.2. The van der Waals surface area contributed by atoms with Gasteiger partial charge in [-0.3, -0.25) is 0 Å². The van der Waals surface area contributed by atoms with Gasteiger partial charge in [-0.25, -0.2) is 8.42 Å². The van der Waals surface area contributed by atoms with Crippen molar-refractivity contribution in [1.29, 1.82) is 0 Å². The first-order valence-corrected chi connectivity index (χ1v) is 8.60. The number of nitrogens with one attached hydrogen (secondary N) is 1. The average molecular weight is 320 g/mol. The standard InChI is InChI=1S/C13H18ClNO4S/c1-19-12-6-10(14)5-9(13(12)16)7-15-11-3-2-4-20(17,18)8-11/h5-6,11,15-16H,2-4,7-8H2,1H3. The highest BCUT2D eigenvalue weighted by Gasteiger charge is 2.24. The van der Waals surface area contributed by atoms with Crippen LogP contribution in [-0.4, -0.2) is 38.2 Å². The van der Waals surface area contributed by atoms with Gasteiger partial charge in [0.15, 0.2) is 21.3 Å². The highest BCUT2D eigenvalue weighted by Crippen LogP contribution is 2.33. The smallest absolute Gasteiger partial charge is 0.162 e. The van der Waals surface area contributed by atoms with Crippen molar-refractivity contribution in [3.8, 4) is 11.5 Å². The topological polar surface area (TPSA) is 75.6 Å². The van der Waals surface area contributed by atoms with E-state index >= 15 is 0 Å². The van der Waals surface area contributed by atoms with E-state index in [2.05, 4.69) is 5.32 Å². The number of hydrogen-bond donors (Lipinski definition) is 2. The first-order valence-electron chi connectivity index (χ1n) is 6.40. The number of phenolic OH excluding ortho intramolecular Hbond substituents is 1. The van der Waals surface area contributed by atoms with E-state index in [9.17, 15) is 13.5 Å². The van der Waals surface area contributed by atoms with Crippen LogP contribution in [0.25, 0.3) is 0 Å². The van der Waals surface area contributed by atoms with E-state index in [4.69, 9.17) is 16.3 Å². The van der Waals surface area contributed by atoms with Gasteiger partial charge in [-0.2, -0.15) is 0 Å². The Bertz CT molecular complexity index is 588. The minimum atomic E-state index is -2.94. The van der Waals surface area contributed by atoms with Crippen LogP contribution in [0.15, 0.2) is 12.1 Å². The zero-order valence-corrected chi connectivity index (χ0v) is 12.8. The summed E-state index contributed by atoms with van der Waals surface area (Å²) in [5.41, 5.74) is 0.595. The van der Waals surface area contributed by atoms with Gasteiger partial charge in [-0.05, 0) is 18.9 Å². The molecule has 1 aromatic carbocycles. The molecular formula is C13H18ClNO4S. The summed E-state index contributed by atoms with van der Waals surface area (Å²) < 4.78 is 28.2. The molecule has 1 heterocycles. The molecule has 0 radical (unpaired) electrons. The third-order valence-corrected chi connectivity index (χ3v) is 5.42. The first-order chi connectivity index (χ1) is 9.41. The number of rotatable bonds is 4. The molecule has 0 bridgehead atoms. The predicted molar refractivity (Wildman–Crippen MR) is 78.2 cm³/mol. The molecule has 2 rings (SSSR count). The number of benzene rings is 1. The molecule has 1 aromatic rings. The van der Waals surface area contributed by atoms with Gasteiger partial charge in [-0.1, -0.05) is 11.6 Å². The lowest BCUT2D eigenvalue weighted by molar-refractivity contribution is 0.368. The van der Waals surface area contributed by atoms with Crippen molar-refractivity contribution in [2.24, 2.45) is 0 Å². The zero-order chi connectivity index (χ0) is 14.8. The van der Waals surface area contributed by atoms with E-state index in [0.29, 0.717) is 29.3 Å². The van der Waals surface area contributed by atoms with Crippen LogP contribution >= 0.6 is 11.6 Å². The van der Waals surface area contributed by atoms with E-state index in [1.807, 2.05) is 0 Å². The fourth-order valence-electron chi connectivity index (χ4n) is 2.36. The predicted octanol–water partition coefficient (Wildman–Crippen LogP) is 1.72. The number of sulfone groups is 1. The van der Waals surface area contributed by atoms with Gasteiger partial charge in [0.2, 0.25) is 0 Å². The van der Waals surface area contributed by atoms with Crippen molar-refractivity contribution < 1.29 is 18.3 Å². The summed E-state index contributed by atoms with van der Waals surface area (Å²) >= 11 is 5.95. The summed E-state index contributed by atoms with van der Waals surface area (Å²) in [7, 11) is -1.49. The van der Waals surface area contributed by atoms with E-state index in [0.717, 1.165) is 6.42 Å². The summed E-state index contributed by atoms with van der Waals surface area (Å²) in [6.07, 6.45) is 1.49. The molecule has 1 unspecified atom stereocenters. The van der Waals surface area contributed by atoms with E-state index in [1.54, 1.807) is 6.07 Å². The Kier molecular flexibility index (Phi) is 4.78. The summed E-state index contributed by atoms with van der Waals surface area (Å²) in [6.45, 7) is 0.350. The van der Waals surface area contributed by atoms with Gasteiger partial charge >= 0.3 is 0 Å². The monoisotopic (exact) mass is 319 g/mol. The number of ether oxygens (including phenoxy) is 1. The largest absolute Gasteiger partial charge is 0.504 e. The SMILES string of the molecule is COc1cc(Cl)cc(CNC2CCCS(=O)(=O)C2)c1O. The number of halogens is 1. The molecule has 0 aliphatic carbocycles. The molecule has 1 aliphatic rings. The maximum Gasteiger partial charge on any atom is 0.162 e. The van der Waals surface area contributed by atoms with Crippen LogP contribution in [0.2, 0.25) is 5.02 Å². The third kappa shape index (κ3) is 3.77. The second-order valence-electron chi connectivity index (χ2n) is 4.95. The van der Waals surface area contributed by atoms with Crippen LogP contribution in [0, 0.1) is 0 Å². The van der Waals surface area contributed by atoms with Crippen molar-refractivity contribution in [3.05, 3.63) is 22.7 Å². The Labute approximate surface area is 123 Å². The first kappa shape index (κ1) is 15.4. The molecule has 0 saturated carbocycles. The second-order valence-corrected chi connectivity index (χ2v) is 7.62. The molecule has 5 nitrogen and oxygen atoms in total. The molecule has 1 aliphatic heterocycles. The lowest BCUT2D eigenvalue weighted by Gasteiger charge is -2.23. The van der Waals surface area contributed by atoms with Crippen molar-refractivity contribution in [3.63, 3.8) is 0 Å². The minimum absolute atomic E-state index is 0.0306. The maximum atomic E-state index is 11.6. The van der Waals surface area contributed by atoms with Gasteiger partial charge < -0.3 is 15.2 Å². The quantitative estimate of drug-likeness (QED) is 0.884. The molecule has 112 valence electrons. The summed E-state index contributed by atoms with van der Waals surface area (Å²) in [5.74, 6) is 0.751. The van der Waals surface area contributed by atoms with Crippen molar-refractivity contribution in [1.82, 2.24) is 5.32 Å². The van der Waals surface area contributed by atoms with Gasteiger partial charge in [0.25, 0.3) is 0 Å². The van der Waals surface area contributed by atoms with E-state index in [-0.39, 0.29) is 23.3 Å². The highest BCUT2D eigenvalue weighted by molar-refractivity contribution is 7.91. The van der Waals surface area contributed by atoms with Gasteiger partial charge in [0, 0.05) is 29.2 Å².